The van der Waals surface area contributed by atoms with Crippen LogP contribution in [0.15, 0.2) is 59.7 Å². The fraction of sp³-hybridized carbons (Fsp3) is 0.348. The summed E-state index contributed by atoms with van der Waals surface area (Å²) in [6.07, 6.45) is 1.40. The fourth-order valence-corrected chi connectivity index (χ4v) is 4.87. The molecule has 1 fully saturated rings. The second kappa shape index (κ2) is 9.34. The SMILES string of the molecule is COc1ccc([C@H]2CC(c3ccccc3)=NN2C(=O)COC(=O)[C@H]2CCSC2)cc1. The number of methoxy groups -OCH3 is 1. The number of hydrogen-bond acceptors (Lipinski definition) is 6. The van der Waals surface area contributed by atoms with E-state index in [0.29, 0.717) is 6.42 Å². The Morgan fingerprint density at radius 2 is 1.90 bits per heavy atom. The van der Waals surface area contributed by atoms with Gasteiger partial charge in [-0.2, -0.15) is 16.9 Å². The first-order chi connectivity index (χ1) is 14.7. The second-order valence-corrected chi connectivity index (χ2v) is 8.46. The first-order valence-corrected chi connectivity index (χ1v) is 11.1. The van der Waals surface area contributed by atoms with Gasteiger partial charge in [0.2, 0.25) is 0 Å². The Hall–Kier alpha value is -2.80. The van der Waals surface area contributed by atoms with E-state index in [1.165, 1.54) is 5.01 Å². The van der Waals surface area contributed by atoms with Crippen molar-refractivity contribution in [2.24, 2.45) is 11.0 Å². The number of rotatable bonds is 6. The van der Waals surface area contributed by atoms with E-state index in [-0.39, 0.29) is 30.4 Å². The number of thioether (sulfide) groups is 1. The third-order valence-electron chi connectivity index (χ3n) is 5.37. The molecule has 0 spiro atoms. The average Bonchev–Trinajstić information content (AvgIpc) is 3.48. The molecule has 2 aromatic carbocycles. The van der Waals surface area contributed by atoms with Crippen LogP contribution in [-0.4, -0.2) is 47.8 Å². The number of hydrogen-bond donors (Lipinski definition) is 0. The maximum Gasteiger partial charge on any atom is 0.310 e. The summed E-state index contributed by atoms with van der Waals surface area (Å²) in [7, 11) is 1.62. The van der Waals surface area contributed by atoms with Crippen LogP contribution in [0, 0.1) is 5.92 Å². The van der Waals surface area contributed by atoms with Gasteiger partial charge in [0.05, 0.1) is 24.8 Å². The minimum atomic E-state index is -0.319. The molecule has 156 valence electrons. The lowest BCUT2D eigenvalue weighted by Gasteiger charge is -2.22. The fourth-order valence-electron chi connectivity index (χ4n) is 3.67. The molecule has 0 radical (unpaired) electrons. The van der Waals surface area contributed by atoms with Gasteiger partial charge in [-0.3, -0.25) is 9.59 Å². The van der Waals surface area contributed by atoms with Crippen LogP contribution >= 0.6 is 11.8 Å². The Bertz CT molecular complexity index is 924. The summed E-state index contributed by atoms with van der Waals surface area (Å²) in [5.41, 5.74) is 2.77. The molecular formula is C23H24N2O4S. The molecule has 2 aromatic rings. The second-order valence-electron chi connectivity index (χ2n) is 7.31. The number of esters is 1. The Labute approximate surface area is 180 Å². The molecule has 2 atom stereocenters. The highest BCUT2D eigenvalue weighted by atomic mass is 32.2. The zero-order valence-corrected chi connectivity index (χ0v) is 17.6. The lowest BCUT2D eigenvalue weighted by molar-refractivity contribution is -0.155. The van der Waals surface area contributed by atoms with Gasteiger partial charge in [0.15, 0.2) is 6.61 Å². The summed E-state index contributed by atoms with van der Waals surface area (Å²) in [6, 6.07) is 17.2. The molecular weight excluding hydrogens is 400 g/mol. The molecule has 1 amide bonds. The summed E-state index contributed by atoms with van der Waals surface area (Å²) in [5.74, 6) is 1.76. The molecule has 0 unspecified atom stereocenters. The van der Waals surface area contributed by atoms with Crippen molar-refractivity contribution >= 4 is 29.4 Å². The van der Waals surface area contributed by atoms with E-state index in [2.05, 4.69) is 5.10 Å². The maximum absolute atomic E-state index is 13.0. The van der Waals surface area contributed by atoms with Crippen LogP contribution in [-0.2, 0) is 14.3 Å². The molecule has 4 rings (SSSR count). The third kappa shape index (κ3) is 4.51. The summed E-state index contributed by atoms with van der Waals surface area (Å²) in [6.45, 7) is -0.293. The normalized spacial score (nSPS) is 20.7. The number of carbonyl (C=O) groups is 2. The van der Waals surface area contributed by atoms with Gasteiger partial charge in [0.1, 0.15) is 5.75 Å². The Morgan fingerprint density at radius 1 is 1.13 bits per heavy atom. The quantitative estimate of drug-likeness (QED) is 0.662. The van der Waals surface area contributed by atoms with E-state index in [1.54, 1.807) is 18.9 Å². The van der Waals surface area contributed by atoms with Gasteiger partial charge in [-0.25, -0.2) is 5.01 Å². The summed E-state index contributed by atoms with van der Waals surface area (Å²) in [4.78, 5) is 25.2. The number of nitrogens with zero attached hydrogens (tertiary/aromatic N) is 2. The number of amides is 1. The highest BCUT2D eigenvalue weighted by Crippen LogP contribution is 2.33. The Kier molecular flexibility index (Phi) is 6.38. The van der Waals surface area contributed by atoms with Gasteiger partial charge < -0.3 is 9.47 Å². The topological polar surface area (TPSA) is 68.2 Å². The minimum absolute atomic E-state index is 0.109. The summed E-state index contributed by atoms with van der Waals surface area (Å²) >= 11 is 1.74. The number of benzene rings is 2. The molecule has 0 saturated carbocycles. The van der Waals surface area contributed by atoms with Crippen molar-refractivity contribution in [3.63, 3.8) is 0 Å². The van der Waals surface area contributed by atoms with E-state index in [9.17, 15) is 9.59 Å². The number of ether oxygens (including phenoxy) is 2. The molecule has 0 aromatic heterocycles. The Balaban J connectivity index is 1.52. The van der Waals surface area contributed by atoms with Crippen molar-refractivity contribution in [2.75, 3.05) is 25.2 Å². The third-order valence-corrected chi connectivity index (χ3v) is 6.54. The van der Waals surface area contributed by atoms with Crippen molar-refractivity contribution in [3.8, 4) is 5.75 Å². The molecule has 2 heterocycles. The van der Waals surface area contributed by atoms with Gasteiger partial charge >= 0.3 is 5.97 Å². The molecule has 0 N–H and O–H groups in total. The van der Waals surface area contributed by atoms with Crippen LogP contribution in [0.3, 0.4) is 0 Å². The molecule has 7 heteroatoms. The van der Waals surface area contributed by atoms with Gasteiger partial charge in [-0.05, 0) is 35.4 Å². The largest absolute Gasteiger partial charge is 0.497 e. The van der Waals surface area contributed by atoms with Crippen molar-refractivity contribution in [3.05, 3.63) is 65.7 Å². The van der Waals surface area contributed by atoms with Crippen LogP contribution < -0.4 is 4.74 Å². The number of carbonyl (C=O) groups excluding carboxylic acids is 2. The van der Waals surface area contributed by atoms with Crippen LogP contribution in [0.4, 0.5) is 0 Å². The highest BCUT2D eigenvalue weighted by Gasteiger charge is 2.34. The van der Waals surface area contributed by atoms with Crippen LogP contribution in [0.5, 0.6) is 5.75 Å². The van der Waals surface area contributed by atoms with E-state index in [1.807, 2.05) is 54.6 Å². The molecule has 0 bridgehead atoms. The van der Waals surface area contributed by atoms with Gasteiger partial charge in [-0.1, -0.05) is 42.5 Å². The average molecular weight is 425 g/mol. The minimum Gasteiger partial charge on any atom is -0.497 e. The zero-order valence-electron chi connectivity index (χ0n) is 16.8. The van der Waals surface area contributed by atoms with Gasteiger partial charge in [-0.15, -0.1) is 0 Å². The highest BCUT2D eigenvalue weighted by molar-refractivity contribution is 7.99. The lowest BCUT2D eigenvalue weighted by atomic mass is 9.98. The first kappa shape index (κ1) is 20.5. The van der Waals surface area contributed by atoms with E-state index in [0.717, 1.165) is 40.5 Å². The summed E-state index contributed by atoms with van der Waals surface area (Å²) in [5, 5.41) is 6.07. The molecule has 1 saturated heterocycles. The Morgan fingerprint density at radius 3 is 2.57 bits per heavy atom. The van der Waals surface area contributed by atoms with Crippen molar-refractivity contribution in [2.45, 2.75) is 18.9 Å². The predicted molar refractivity (Wildman–Crippen MR) is 117 cm³/mol. The molecule has 0 aliphatic carbocycles. The summed E-state index contributed by atoms with van der Waals surface area (Å²) < 4.78 is 10.6. The first-order valence-electron chi connectivity index (χ1n) is 9.99. The molecule has 2 aliphatic heterocycles. The van der Waals surface area contributed by atoms with E-state index in [4.69, 9.17) is 9.47 Å². The van der Waals surface area contributed by atoms with Gasteiger partial charge in [0.25, 0.3) is 5.91 Å². The van der Waals surface area contributed by atoms with Crippen LogP contribution in [0.2, 0.25) is 0 Å². The van der Waals surface area contributed by atoms with Crippen molar-refractivity contribution < 1.29 is 19.1 Å². The van der Waals surface area contributed by atoms with Crippen LogP contribution in [0.25, 0.3) is 0 Å². The standard InChI is InChI=1S/C23H24N2O4S/c1-28-19-9-7-17(8-10-19)21-13-20(16-5-3-2-4-6-16)24-25(21)22(26)14-29-23(27)18-11-12-30-15-18/h2-10,18,21H,11-15H2,1H3/t18-,21+/m0/s1. The zero-order chi connectivity index (χ0) is 20.9. The van der Waals surface area contributed by atoms with Crippen molar-refractivity contribution in [1.82, 2.24) is 5.01 Å². The van der Waals surface area contributed by atoms with E-state index >= 15 is 0 Å². The molecule has 6 nitrogen and oxygen atoms in total. The van der Waals surface area contributed by atoms with E-state index < -0.39 is 0 Å². The number of hydrazone groups is 1. The predicted octanol–water partition coefficient (Wildman–Crippen LogP) is 3.67. The van der Waals surface area contributed by atoms with Crippen molar-refractivity contribution in [1.29, 1.82) is 0 Å². The smallest absolute Gasteiger partial charge is 0.310 e. The lowest BCUT2D eigenvalue weighted by Crippen LogP contribution is -2.32. The molecule has 30 heavy (non-hydrogen) atoms. The maximum atomic E-state index is 13.0. The van der Waals surface area contributed by atoms with Gasteiger partial charge in [0, 0.05) is 12.2 Å². The van der Waals surface area contributed by atoms with Crippen LogP contribution in [0.1, 0.15) is 30.0 Å². The monoisotopic (exact) mass is 424 g/mol. The molecule has 2 aliphatic rings.